The summed E-state index contributed by atoms with van der Waals surface area (Å²) >= 11 is 1.47. The van der Waals surface area contributed by atoms with E-state index in [4.69, 9.17) is 14.2 Å². The van der Waals surface area contributed by atoms with Gasteiger partial charge in [0, 0.05) is 12.0 Å². The summed E-state index contributed by atoms with van der Waals surface area (Å²) in [5.74, 6) is 5.01. The molecule has 3 fully saturated rings. The van der Waals surface area contributed by atoms with Gasteiger partial charge >= 0.3 is 6.09 Å². The summed E-state index contributed by atoms with van der Waals surface area (Å²) in [6, 6.07) is 7.73. The number of thioether (sulfide) groups is 1. The van der Waals surface area contributed by atoms with E-state index >= 15 is 0 Å². The van der Waals surface area contributed by atoms with E-state index in [1.807, 2.05) is 30.5 Å². The fourth-order valence-electron chi connectivity index (χ4n) is 10.0. The van der Waals surface area contributed by atoms with Gasteiger partial charge in [0.1, 0.15) is 18.5 Å². The van der Waals surface area contributed by atoms with Crippen LogP contribution in [0.1, 0.15) is 117 Å². The molecule has 0 bridgehead atoms. The number of carbonyl (C=O) groups is 1. The molecule has 1 amide bonds. The molecule has 1 aromatic carbocycles. The van der Waals surface area contributed by atoms with Crippen molar-refractivity contribution in [2.45, 2.75) is 117 Å². The van der Waals surface area contributed by atoms with Crippen LogP contribution in [0.25, 0.3) is 0 Å². The SMILES string of the molecule is CSC1=NNC(c2ccc(OCCNC(=O)O[C@H]3CC[C@@]4(C)C(=CCC5C4CC[C@]4(C)[C@@H](CCCCC(C)C)CC[C@@H]54)C3)cc2)O1. The summed E-state index contributed by atoms with van der Waals surface area (Å²) in [5, 5.41) is 7.67. The number of hydrogen-bond acceptors (Lipinski definition) is 7. The molecule has 6 rings (SSSR count). The van der Waals surface area contributed by atoms with E-state index in [9.17, 15) is 4.79 Å². The van der Waals surface area contributed by atoms with Crippen molar-refractivity contribution in [3.05, 3.63) is 41.5 Å². The summed E-state index contributed by atoms with van der Waals surface area (Å²) in [6.07, 6.45) is 19.4. The second-order valence-corrected chi connectivity index (χ2v) is 16.3. The molecule has 0 spiro atoms. The minimum absolute atomic E-state index is 0.0399. The van der Waals surface area contributed by atoms with Gasteiger partial charge in [-0.1, -0.05) is 70.4 Å². The van der Waals surface area contributed by atoms with E-state index in [1.54, 1.807) is 5.57 Å². The van der Waals surface area contributed by atoms with Crippen LogP contribution in [0.4, 0.5) is 4.79 Å². The minimum Gasteiger partial charge on any atom is -0.492 e. The maximum absolute atomic E-state index is 12.7. The smallest absolute Gasteiger partial charge is 0.407 e. The number of allylic oxidation sites excluding steroid dienone is 1. The first-order valence-electron chi connectivity index (χ1n) is 18.1. The van der Waals surface area contributed by atoms with Gasteiger partial charge in [-0.3, -0.25) is 5.43 Å². The molecule has 0 aromatic heterocycles. The van der Waals surface area contributed by atoms with E-state index in [2.05, 4.69) is 49.6 Å². The number of ether oxygens (including phenoxy) is 3. The largest absolute Gasteiger partial charge is 0.492 e. The molecule has 8 atom stereocenters. The maximum Gasteiger partial charge on any atom is 0.407 e. The predicted molar refractivity (Wildman–Crippen MR) is 187 cm³/mol. The van der Waals surface area contributed by atoms with Crippen LogP contribution in [-0.2, 0) is 9.47 Å². The Hall–Kier alpha value is -2.35. The number of nitrogens with zero attached hydrogens (tertiary/aromatic N) is 1. The molecule has 3 saturated carbocycles. The van der Waals surface area contributed by atoms with Gasteiger partial charge < -0.3 is 19.5 Å². The standard InChI is InChI=1S/C38H57N3O4S/c1-25(2)8-6-7-9-27-13-17-32-31-16-12-28-24-30(18-20-38(28,4)33(31)19-21-37(27,32)3)44-35(42)39-22-23-43-29-14-10-26(11-15-29)34-40-41-36(45-34)46-5/h10-12,14-15,25,27,30-34,40H,6-9,13,16-24H2,1-5H3,(H,39,42)/t27-,30-,31?,32-,33?,34?,37+,38-/m0/s1. The molecule has 4 aliphatic carbocycles. The van der Waals surface area contributed by atoms with Crippen molar-refractivity contribution < 1.29 is 19.0 Å². The molecule has 1 heterocycles. The highest BCUT2D eigenvalue weighted by Gasteiger charge is 2.58. The molecule has 1 aliphatic heterocycles. The maximum atomic E-state index is 12.7. The fourth-order valence-corrected chi connectivity index (χ4v) is 10.3. The lowest BCUT2D eigenvalue weighted by Crippen LogP contribution is -2.50. The highest BCUT2D eigenvalue weighted by molar-refractivity contribution is 8.12. The van der Waals surface area contributed by atoms with Gasteiger partial charge in [-0.15, -0.1) is 5.10 Å². The monoisotopic (exact) mass is 651 g/mol. The molecular formula is C38H57N3O4S. The normalized spacial score (nSPS) is 34.7. The van der Waals surface area contributed by atoms with Gasteiger partial charge in [-0.2, -0.15) is 0 Å². The second kappa shape index (κ2) is 14.4. The number of alkyl carbamates (subject to hydrolysis) is 1. The zero-order valence-electron chi connectivity index (χ0n) is 28.8. The average Bonchev–Trinajstić information content (AvgIpc) is 3.66. The lowest BCUT2D eigenvalue weighted by atomic mass is 9.47. The number of carbonyl (C=O) groups excluding carboxylic acids is 1. The van der Waals surface area contributed by atoms with Crippen LogP contribution in [-0.4, -0.2) is 36.8 Å². The molecule has 254 valence electrons. The second-order valence-electron chi connectivity index (χ2n) is 15.6. The lowest BCUT2D eigenvalue weighted by molar-refractivity contribution is -0.0519. The van der Waals surface area contributed by atoms with Crippen molar-refractivity contribution in [3.63, 3.8) is 0 Å². The number of rotatable bonds is 11. The molecule has 46 heavy (non-hydrogen) atoms. The zero-order valence-corrected chi connectivity index (χ0v) is 29.6. The van der Waals surface area contributed by atoms with E-state index in [1.165, 1.54) is 69.5 Å². The Morgan fingerprint density at radius 3 is 2.70 bits per heavy atom. The van der Waals surface area contributed by atoms with Crippen LogP contribution < -0.4 is 15.5 Å². The molecule has 3 unspecified atom stereocenters. The van der Waals surface area contributed by atoms with Crippen molar-refractivity contribution in [2.24, 2.45) is 45.5 Å². The first-order chi connectivity index (χ1) is 22.2. The van der Waals surface area contributed by atoms with Gasteiger partial charge in [0.25, 0.3) is 5.23 Å². The van der Waals surface area contributed by atoms with Crippen molar-refractivity contribution in [2.75, 3.05) is 19.4 Å². The Bertz CT molecular complexity index is 1270. The minimum atomic E-state index is -0.338. The summed E-state index contributed by atoms with van der Waals surface area (Å²) in [6.45, 7) is 10.7. The van der Waals surface area contributed by atoms with Gasteiger partial charge in [0.2, 0.25) is 6.23 Å². The van der Waals surface area contributed by atoms with Gasteiger partial charge in [-0.05, 0) is 122 Å². The Kier molecular flexibility index (Phi) is 10.5. The van der Waals surface area contributed by atoms with E-state index in [0.717, 1.165) is 60.2 Å². The van der Waals surface area contributed by atoms with Crippen molar-refractivity contribution in [1.29, 1.82) is 0 Å². The highest BCUT2D eigenvalue weighted by atomic mass is 32.2. The summed E-state index contributed by atoms with van der Waals surface area (Å²) in [5.41, 5.74) is 6.33. The van der Waals surface area contributed by atoms with E-state index in [-0.39, 0.29) is 23.8 Å². The van der Waals surface area contributed by atoms with Crippen LogP contribution in [0.5, 0.6) is 5.75 Å². The third-order valence-electron chi connectivity index (χ3n) is 12.6. The quantitative estimate of drug-likeness (QED) is 0.183. The average molecular weight is 652 g/mol. The Morgan fingerprint density at radius 1 is 1.11 bits per heavy atom. The van der Waals surface area contributed by atoms with Crippen LogP contribution >= 0.6 is 11.8 Å². The van der Waals surface area contributed by atoms with Crippen LogP contribution in [0.2, 0.25) is 0 Å². The molecule has 0 saturated heterocycles. The van der Waals surface area contributed by atoms with Crippen LogP contribution in [0, 0.1) is 40.4 Å². The lowest BCUT2D eigenvalue weighted by Gasteiger charge is -2.58. The first-order valence-corrected chi connectivity index (χ1v) is 19.3. The molecule has 2 N–H and O–H groups in total. The number of hydrazone groups is 1. The first kappa shape index (κ1) is 33.5. The molecule has 1 aromatic rings. The Balaban J connectivity index is 0.938. The van der Waals surface area contributed by atoms with Gasteiger partial charge in [0.05, 0.1) is 6.54 Å². The van der Waals surface area contributed by atoms with Crippen molar-refractivity contribution in [1.82, 2.24) is 10.7 Å². The van der Waals surface area contributed by atoms with Gasteiger partial charge in [0.15, 0.2) is 0 Å². The van der Waals surface area contributed by atoms with Crippen LogP contribution in [0.3, 0.4) is 0 Å². The van der Waals surface area contributed by atoms with Crippen molar-refractivity contribution >= 4 is 23.1 Å². The number of fused-ring (bicyclic) bond motifs is 5. The fraction of sp³-hybridized carbons (Fsp3) is 0.737. The van der Waals surface area contributed by atoms with E-state index < -0.39 is 0 Å². The molecule has 0 radical (unpaired) electrons. The molecule has 8 heteroatoms. The Morgan fingerprint density at radius 2 is 1.93 bits per heavy atom. The van der Waals surface area contributed by atoms with Gasteiger partial charge in [-0.25, -0.2) is 4.79 Å². The topological polar surface area (TPSA) is 81.2 Å². The number of hydrogen-bond donors (Lipinski definition) is 2. The number of unbranched alkanes of at least 4 members (excludes halogenated alkanes) is 1. The summed E-state index contributed by atoms with van der Waals surface area (Å²) < 4.78 is 17.5. The zero-order chi connectivity index (χ0) is 32.3. The molecular weight excluding hydrogens is 595 g/mol. The predicted octanol–water partition coefficient (Wildman–Crippen LogP) is 9.21. The number of nitrogens with one attached hydrogen (secondary N) is 2. The molecule has 7 nitrogen and oxygen atoms in total. The molecule has 5 aliphatic rings. The third-order valence-corrected chi connectivity index (χ3v) is 13.1. The summed E-state index contributed by atoms with van der Waals surface area (Å²) in [4.78, 5) is 12.7. The highest BCUT2D eigenvalue weighted by Crippen LogP contribution is 2.66. The third kappa shape index (κ3) is 7.07. The Labute approximate surface area is 281 Å². The van der Waals surface area contributed by atoms with E-state index in [0.29, 0.717) is 23.8 Å². The number of amides is 1. The number of benzene rings is 1. The van der Waals surface area contributed by atoms with Crippen molar-refractivity contribution in [3.8, 4) is 5.75 Å². The summed E-state index contributed by atoms with van der Waals surface area (Å²) in [7, 11) is 0. The van der Waals surface area contributed by atoms with Crippen LogP contribution in [0.15, 0.2) is 41.0 Å².